The van der Waals surface area contributed by atoms with Gasteiger partial charge in [0.05, 0.1) is 23.3 Å². The molecule has 0 aromatic carbocycles. The van der Waals surface area contributed by atoms with Gasteiger partial charge < -0.3 is 4.79 Å². The van der Waals surface area contributed by atoms with Crippen molar-refractivity contribution in [2.75, 3.05) is 0 Å². The number of carbonyl (C=O) groups excluding carboxylic acids is 1. The van der Waals surface area contributed by atoms with Gasteiger partial charge >= 0.3 is 0 Å². The predicted molar refractivity (Wildman–Crippen MR) is 50.0 cm³/mol. The van der Waals surface area contributed by atoms with E-state index in [9.17, 15) is 4.79 Å². The van der Waals surface area contributed by atoms with Crippen molar-refractivity contribution in [3.63, 3.8) is 0 Å². The summed E-state index contributed by atoms with van der Waals surface area (Å²) >= 11 is 0. The second kappa shape index (κ2) is 3.17. The summed E-state index contributed by atoms with van der Waals surface area (Å²) in [4.78, 5) is 18.7. The highest BCUT2D eigenvalue weighted by molar-refractivity contribution is 5.54. The summed E-state index contributed by atoms with van der Waals surface area (Å²) in [5.74, 6) is 0.546. The van der Waals surface area contributed by atoms with E-state index in [4.69, 9.17) is 0 Å². The van der Waals surface area contributed by atoms with Crippen LogP contribution < -0.4 is 0 Å². The molecule has 2 rings (SSSR count). The van der Waals surface area contributed by atoms with Crippen molar-refractivity contribution < 1.29 is 4.79 Å². The molecule has 2 aromatic rings. The first-order valence-electron chi connectivity index (χ1n) is 4.34. The maximum atomic E-state index is 10.4. The molecular formula is C9H10N4O. The van der Waals surface area contributed by atoms with Gasteiger partial charge in [-0.1, -0.05) is 0 Å². The molecule has 0 saturated heterocycles. The minimum atomic E-state index is 0.318. The summed E-state index contributed by atoms with van der Waals surface area (Å²) < 4.78 is 1.61. The van der Waals surface area contributed by atoms with Crippen molar-refractivity contribution >= 4 is 12.1 Å². The first-order valence-corrected chi connectivity index (χ1v) is 4.34. The Hall–Kier alpha value is -1.78. The number of hydrogen-bond acceptors (Lipinski definition) is 4. The smallest absolute Gasteiger partial charge is 0.251 e. The normalized spacial score (nSPS) is 10.7. The van der Waals surface area contributed by atoms with Crippen molar-refractivity contribution in [2.24, 2.45) is 0 Å². The topological polar surface area (TPSA) is 60.2 Å². The van der Waals surface area contributed by atoms with Crippen LogP contribution in [0.15, 0.2) is 6.20 Å². The van der Waals surface area contributed by atoms with Crippen LogP contribution in [0.2, 0.25) is 0 Å². The summed E-state index contributed by atoms with van der Waals surface area (Å²) in [5.41, 5.74) is 2.48. The van der Waals surface area contributed by atoms with Crippen molar-refractivity contribution in [2.45, 2.75) is 20.3 Å². The monoisotopic (exact) mass is 190 g/mol. The Labute approximate surface area is 80.8 Å². The zero-order chi connectivity index (χ0) is 10.1. The lowest BCUT2D eigenvalue weighted by Crippen LogP contribution is -2.04. The summed E-state index contributed by atoms with van der Waals surface area (Å²) in [6, 6.07) is 0. The number of nitrogens with zero attached hydrogens (tertiary/aromatic N) is 4. The molecule has 2 heterocycles. The average molecular weight is 190 g/mol. The van der Waals surface area contributed by atoms with Gasteiger partial charge in [0.15, 0.2) is 0 Å². The predicted octanol–water partition coefficient (Wildman–Crippen LogP) is 0.483. The quantitative estimate of drug-likeness (QED) is 0.646. The van der Waals surface area contributed by atoms with E-state index in [2.05, 4.69) is 15.1 Å². The lowest BCUT2D eigenvalue weighted by Gasteiger charge is -2.00. The molecule has 0 amide bonds. The second-order valence-corrected chi connectivity index (χ2v) is 3.11. The summed E-state index contributed by atoms with van der Waals surface area (Å²) in [6.45, 7) is 3.77. The van der Waals surface area contributed by atoms with Gasteiger partial charge in [0.1, 0.15) is 6.29 Å². The first-order chi connectivity index (χ1) is 6.72. The minimum Gasteiger partial charge on any atom is -0.303 e. The summed E-state index contributed by atoms with van der Waals surface area (Å²) in [6.07, 6.45) is 2.78. The van der Waals surface area contributed by atoms with Crippen LogP contribution >= 0.6 is 0 Å². The molecule has 14 heavy (non-hydrogen) atoms. The molecule has 0 saturated carbocycles. The highest BCUT2D eigenvalue weighted by atomic mass is 16.1. The summed E-state index contributed by atoms with van der Waals surface area (Å²) in [5, 5.41) is 4.29. The van der Waals surface area contributed by atoms with E-state index in [0.717, 1.165) is 23.4 Å². The van der Waals surface area contributed by atoms with Crippen LogP contribution in [0.5, 0.6) is 0 Å². The van der Waals surface area contributed by atoms with Crippen molar-refractivity contribution in [3.05, 3.63) is 23.3 Å². The van der Waals surface area contributed by atoms with Gasteiger partial charge in [0, 0.05) is 6.42 Å². The number of aromatic nitrogens is 4. The van der Waals surface area contributed by atoms with E-state index in [1.54, 1.807) is 10.7 Å². The molecule has 0 unspecified atom stereocenters. The number of hydrogen-bond donors (Lipinski definition) is 0. The van der Waals surface area contributed by atoms with Gasteiger partial charge in [-0.3, -0.25) is 0 Å². The first kappa shape index (κ1) is 8.80. The Morgan fingerprint density at radius 1 is 1.43 bits per heavy atom. The second-order valence-electron chi connectivity index (χ2n) is 3.11. The lowest BCUT2D eigenvalue weighted by atomic mass is 10.3. The van der Waals surface area contributed by atoms with E-state index >= 15 is 0 Å². The average Bonchev–Trinajstić information content (AvgIpc) is 2.51. The van der Waals surface area contributed by atoms with Gasteiger partial charge in [0.2, 0.25) is 0 Å². The number of aryl methyl sites for hydroxylation is 2. The molecule has 0 spiro atoms. The largest absolute Gasteiger partial charge is 0.303 e. The van der Waals surface area contributed by atoms with Crippen molar-refractivity contribution in [1.29, 1.82) is 0 Å². The Morgan fingerprint density at radius 2 is 2.21 bits per heavy atom. The van der Waals surface area contributed by atoms with Gasteiger partial charge in [-0.2, -0.15) is 5.10 Å². The molecule has 5 heteroatoms. The van der Waals surface area contributed by atoms with Crippen LogP contribution in [-0.4, -0.2) is 25.9 Å². The standard InChI is InChI=1S/C9H10N4O/c1-6-7(2)12-13-8(3-4-14)5-10-9(13)11-6/h4-5H,3H2,1-2H3. The van der Waals surface area contributed by atoms with Gasteiger partial charge in [-0.15, -0.1) is 0 Å². The molecule has 0 N–H and O–H groups in total. The molecule has 72 valence electrons. The van der Waals surface area contributed by atoms with E-state index in [1.807, 2.05) is 13.8 Å². The molecule has 0 aliphatic carbocycles. The number of carbonyl (C=O) groups is 1. The van der Waals surface area contributed by atoms with Crippen LogP contribution in [0.3, 0.4) is 0 Å². The van der Waals surface area contributed by atoms with Crippen LogP contribution in [0.25, 0.3) is 5.78 Å². The fourth-order valence-electron chi connectivity index (χ4n) is 1.23. The van der Waals surface area contributed by atoms with Gasteiger partial charge in [-0.25, -0.2) is 14.5 Å². The number of rotatable bonds is 2. The van der Waals surface area contributed by atoms with Crippen LogP contribution in [0, 0.1) is 13.8 Å². The van der Waals surface area contributed by atoms with Crippen molar-refractivity contribution in [3.8, 4) is 0 Å². The summed E-state index contributed by atoms with van der Waals surface area (Å²) in [7, 11) is 0. The van der Waals surface area contributed by atoms with E-state index < -0.39 is 0 Å². The Kier molecular flexibility index (Phi) is 1.99. The molecule has 0 aliphatic heterocycles. The van der Waals surface area contributed by atoms with Gasteiger partial charge in [-0.05, 0) is 13.8 Å². The molecule has 0 atom stereocenters. The molecule has 0 aliphatic rings. The zero-order valence-corrected chi connectivity index (χ0v) is 8.06. The molecule has 0 radical (unpaired) electrons. The number of fused-ring (bicyclic) bond motifs is 1. The zero-order valence-electron chi connectivity index (χ0n) is 8.06. The molecule has 5 nitrogen and oxygen atoms in total. The third-order valence-electron chi connectivity index (χ3n) is 2.12. The van der Waals surface area contributed by atoms with Gasteiger partial charge in [0.25, 0.3) is 5.78 Å². The maximum Gasteiger partial charge on any atom is 0.251 e. The molecule has 2 aromatic heterocycles. The Morgan fingerprint density at radius 3 is 2.93 bits per heavy atom. The van der Waals surface area contributed by atoms with E-state index in [-0.39, 0.29) is 0 Å². The van der Waals surface area contributed by atoms with E-state index in [1.165, 1.54) is 0 Å². The van der Waals surface area contributed by atoms with E-state index in [0.29, 0.717) is 12.2 Å². The lowest BCUT2D eigenvalue weighted by molar-refractivity contribution is -0.107. The molecule has 0 fully saturated rings. The fourth-order valence-corrected chi connectivity index (χ4v) is 1.23. The highest BCUT2D eigenvalue weighted by Crippen LogP contribution is 2.05. The van der Waals surface area contributed by atoms with Crippen LogP contribution in [-0.2, 0) is 11.2 Å². The third-order valence-corrected chi connectivity index (χ3v) is 2.12. The van der Waals surface area contributed by atoms with Crippen LogP contribution in [0.1, 0.15) is 17.1 Å². The fraction of sp³-hybridized carbons (Fsp3) is 0.333. The molecule has 0 bridgehead atoms. The number of imidazole rings is 1. The van der Waals surface area contributed by atoms with Crippen molar-refractivity contribution in [1.82, 2.24) is 19.6 Å². The molecular weight excluding hydrogens is 180 g/mol. The van der Waals surface area contributed by atoms with Crippen LogP contribution in [0.4, 0.5) is 0 Å². The third kappa shape index (κ3) is 1.26. The Bertz CT molecular complexity index is 489. The minimum absolute atomic E-state index is 0.318. The Balaban J connectivity index is 2.67. The number of aldehydes is 1. The SMILES string of the molecule is Cc1nc2ncc(CC=O)n2nc1C. The maximum absolute atomic E-state index is 10.4. The highest BCUT2D eigenvalue weighted by Gasteiger charge is 2.06.